The van der Waals surface area contributed by atoms with Crippen LogP contribution in [0.15, 0.2) is 24.3 Å². The number of carbonyl (C=O) groups excluding carboxylic acids is 1. The van der Waals surface area contributed by atoms with Gasteiger partial charge in [0.2, 0.25) is 12.7 Å². The minimum Gasteiger partial charge on any atom is -0.454 e. The molecule has 104 valence electrons. The van der Waals surface area contributed by atoms with Crippen molar-refractivity contribution in [3.05, 3.63) is 29.8 Å². The van der Waals surface area contributed by atoms with Crippen molar-refractivity contribution in [1.29, 1.82) is 0 Å². The highest BCUT2D eigenvalue weighted by atomic mass is 32.2. The molecule has 0 saturated carbocycles. The fourth-order valence-corrected chi connectivity index (χ4v) is 4.38. The van der Waals surface area contributed by atoms with E-state index in [9.17, 15) is 4.79 Å². The van der Waals surface area contributed by atoms with Crippen LogP contribution >= 0.6 is 11.8 Å². The molecule has 3 aliphatic rings. The number of hydrogen-bond acceptors (Lipinski definition) is 4. The summed E-state index contributed by atoms with van der Waals surface area (Å²) in [5.74, 6) is 2.72. The molecule has 20 heavy (non-hydrogen) atoms. The molecule has 1 aromatic carbocycles. The molecule has 4 rings (SSSR count). The lowest BCUT2D eigenvalue weighted by atomic mass is 10.2. The van der Waals surface area contributed by atoms with Crippen molar-refractivity contribution in [2.75, 3.05) is 19.1 Å². The van der Waals surface area contributed by atoms with Gasteiger partial charge in [-0.25, -0.2) is 0 Å². The van der Waals surface area contributed by atoms with Gasteiger partial charge in [-0.2, -0.15) is 11.8 Å². The normalized spacial score (nSPS) is 26.7. The van der Waals surface area contributed by atoms with Gasteiger partial charge < -0.3 is 14.4 Å². The van der Waals surface area contributed by atoms with Crippen LogP contribution in [-0.2, 0) is 4.79 Å². The van der Waals surface area contributed by atoms with Gasteiger partial charge in [0, 0.05) is 29.7 Å². The zero-order chi connectivity index (χ0) is 13.5. The van der Waals surface area contributed by atoms with Gasteiger partial charge in [0.05, 0.1) is 0 Å². The lowest BCUT2D eigenvalue weighted by Crippen LogP contribution is -2.38. The Hall–Kier alpha value is -1.62. The molecule has 0 N–H and O–H groups in total. The molecular formula is C15H15NO3S. The van der Waals surface area contributed by atoms with Gasteiger partial charge >= 0.3 is 0 Å². The molecule has 0 radical (unpaired) electrons. The summed E-state index contributed by atoms with van der Waals surface area (Å²) in [6.45, 7) is 1.18. The van der Waals surface area contributed by atoms with Gasteiger partial charge in [0.15, 0.2) is 11.5 Å². The number of rotatable bonds is 2. The van der Waals surface area contributed by atoms with Crippen LogP contribution in [0.5, 0.6) is 11.5 Å². The average Bonchev–Trinajstić information content (AvgIpc) is 3.19. The monoisotopic (exact) mass is 289 g/mol. The molecule has 3 heterocycles. The van der Waals surface area contributed by atoms with Crippen LogP contribution in [0.2, 0.25) is 0 Å². The second kappa shape index (κ2) is 4.74. The number of ether oxygens (including phenoxy) is 2. The maximum atomic E-state index is 12.2. The Balaban J connectivity index is 1.47. The zero-order valence-corrected chi connectivity index (χ0v) is 11.8. The molecule has 3 aliphatic heterocycles. The standard InChI is InChI=1S/C15H15NO3S/c17-15(16-7-12-6-11(16)8-20-12)4-2-10-1-3-13-14(5-10)19-9-18-13/h1-5,11-12H,6-9H2/b4-2+. The average molecular weight is 289 g/mol. The zero-order valence-electron chi connectivity index (χ0n) is 11.0. The number of fused-ring (bicyclic) bond motifs is 3. The SMILES string of the molecule is O=C(/C=C/c1ccc2c(c1)OCO2)N1CC2CC1CS2. The molecule has 1 aromatic rings. The number of nitrogens with zero attached hydrogens (tertiary/aromatic N) is 1. The van der Waals surface area contributed by atoms with E-state index in [0.29, 0.717) is 11.3 Å². The smallest absolute Gasteiger partial charge is 0.246 e. The van der Waals surface area contributed by atoms with Crippen molar-refractivity contribution in [2.24, 2.45) is 0 Å². The third-order valence-corrected chi connectivity index (χ3v) is 5.39. The van der Waals surface area contributed by atoms with E-state index < -0.39 is 0 Å². The largest absolute Gasteiger partial charge is 0.454 e. The molecule has 1 amide bonds. The Bertz CT molecular complexity index is 586. The summed E-state index contributed by atoms with van der Waals surface area (Å²) in [6, 6.07) is 6.15. The predicted octanol–water partition coefficient (Wildman–Crippen LogP) is 2.14. The van der Waals surface area contributed by atoms with E-state index >= 15 is 0 Å². The molecular weight excluding hydrogens is 274 g/mol. The van der Waals surface area contributed by atoms with Crippen molar-refractivity contribution >= 4 is 23.7 Å². The highest BCUT2D eigenvalue weighted by molar-refractivity contribution is 8.00. The number of benzene rings is 1. The number of likely N-dealkylation sites (tertiary alicyclic amines) is 1. The maximum absolute atomic E-state index is 12.2. The fraction of sp³-hybridized carbons (Fsp3) is 0.400. The lowest BCUT2D eigenvalue weighted by molar-refractivity contribution is -0.126. The minimum atomic E-state index is 0.121. The quantitative estimate of drug-likeness (QED) is 0.782. The van der Waals surface area contributed by atoms with Crippen LogP contribution in [0.3, 0.4) is 0 Å². The molecule has 2 bridgehead atoms. The number of hydrogen-bond donors (Lipinski definition) is 0. The molecule has 2 atom stereocenters. The van der Waals surface area contributed by atoms with E-state index in [-0.39, 0.29) is 12.7 Å². The first-order chi connectivity index (χ1) is 9.79. The Kier molecular flexibility index (Phi) is 2.88. The first-order valence-corrected chi connectivity index (χ1v) is 7.84. The van der Waals surface area contributed by atoms with Crippen LogP contribution in [0, 0.1) is 0 Å². The Morgan fingerprint density at radius 1 is 1.35 bits per heavy atom. The van der Waals surface area contributed by atoms with Gasteiger partial charge in [-0.15, -0.1) is 0 Å². The second-order valence-electron chi connectivity index (χ2n) is 5.28. The van der Waals surface area contributed by atoms with E-state index in [1.165, 1.54) is 0 Å². The summed E-state index contributed by atoms with van der Waals surface area (Å²) in [5.41, 5.74) is 0.960. The van der Waals surface area contributed by atoms with Crippen LogP contribution in [0.4, 0.5) is 0 Å². The predicted molar refractivity (Wildman–Crippen MR) is 78.0 cm³/mol. The first-order valence-electron chi connectivity index (χ1n) is 6.79. The highest BCUT2D eigenvalue weighted by Gasteiger charge is 2.40. The van der Waals surface area contributed by atoms with Gasteiger partial charge in [0.1, 0.15) is 0 Å². The highest BCUT2D eigenvalue weighted by Crippen LogP contribution is 2.37. The number of carbonyl (C=O) groups is 1. The third-order valence-electron chi connectivity index (χ3n) is 4.00. The maximum Gasteiger partial charge on any atom is 0.246 e. The van der Waals surface area contributed by atoms with E-state index in [0.717, 1.165) is 35.8 Å². The molecule has 2 saturated heterocycles. The summed E-state index contributed by atoms with van der Waals surface area (Å²) in [6.07, 6.45) is 4.68. The van der Waals surface area contributed by atoms with Gasteiger partial charge in [-0.3, -0.25) is 4.79 Å². The molecule has 0 aliphatic carbocycles. The number of amides is 1. The summed E-state index contributed by atoms with van der Waals surface area (Å²) in [7, 11) is 0. The van der Waals surface area contributed by atoms with E-state index in [4.69, 9.17) is 9.47 Å². The van der Waals surface area contributed by atoms with Crippen molar-refractivity contribution in [3.63, 3.8) is 0 Å². The molecule has 2 fully saturated rings. The van der Waals surface area contributed by atoms with E-state index in [1.807, 2.05) is 40.9 Å². The fourth-order valence-electron chi connectivity index (χ4n) is 2.95. The van der Waals surface area contributed by atoms with Crippen LogP contribution < -0.4 is 9.47 Å². The molecule has 5 heteroatoms. The lowest BCUT2D eigenvalue weighted by Gasteiger charge is -2.25. The molecule has 2 unspecified atom stereocenters. The van der Waals surface area contributed by atoms with Crippen LogP contribution in [0.25, 0.3) is 6.08 Å². The van der Waals surface area contributed by atoms with Crippen LogP contribution in [-0.4, -0.2) is 41.2 Å². The van der Waals surface area contributed by atoms with Crippen LogP contribution in [0.1, 0.15) is 12.0 Å². The summed E-state index contributed by atoms with van der Waals surface area (Å²) in [4.78, 5) is 14.2. The Morgan fingerprint density at radius 2 is 2.25 bits per heavy atom. The van der Waals surface area contributed by atoms with E-state index in [1.54, 1.807) is 6.08 Å². The summed E-state index contributed by atoms with van der Waals surface area (Å²) < 4.78 is 10.6. The third kappa shape index (κ3) is 2.06. The minimum absolute atomic E-state index is 0.121. The molecule has 0 spiro atoms. The Morgan fingerprint density at radius 3 is 3.05 bits per heavy atom. The summed E-state index contributed by atoms with van der Waals surface area (Å²) >= 11 is 1.99. The topological polar surface area (TPSA) is 38.8 Å². The van der Waals surface area contributed by atoms with Gasteiger partial charge in [-0.05, 0) is 30.2 Å². The summed E-state index contributed by atoms with van der Waals surface area (Å²) in [5, 5.41) is 0.655. The van der Waals surface area contributed by atoms with Crippen molar-refractivity contribution in [1.82, 2.24) is 4.90 Å². The van der Waals surface area contributed by atoms with Crippen molar-refractivity contribution in [2.45, 2.75) is 17.7 Å². The van der Waals surface area contributed by atoms with Crippen molar-refractivity contribution in [3.8, 4) is 11.5 Å². The first kappa shape index (κ1) is 12.1. The molecule has 4 nitrogen and oxygen atoms in total. The van der Waals surface area contributed by atoms with Gasteiger partial charge in [-0.1, -0.05) is 6.07 Å². The van der Waals surface area contributed by atoms with Crippen molar-refractivity contribution < 1.29 is 14.3 Å². The Labute approximate surface area is 121 Å². The van der Waals surface area contributed by atoms with E-state index in [2.05, 4.69) is 0 Å². The van der Waals surface area contributed by atoms with Gasteiger partial charge in [0.25, 0.3) is 0 Å². The number of thioether (sulfide) groups is 1. The second-order valence-corrected chi connectivity index (χ2v) is 6.61. The molecule has 0 aromatic heterocycles.